The minimum Gasteiger partial charge on any atom is -0.296 e. The summed E-state index contributed by atoms with van der Waals surface area (Å²) in [6.07, 6.45) is 0.507. The number of pyridine rings is 1. The molecule has 0 aromatic carbocycles. The number of rotatable bonds is 2. The van der Waals surface area contributed by atoms with Crippen LogP contribution >= 0.6 is 23.2 Å². The lowest BCUT2D eigenvalue weighted by atomic mass is 10.1. The summed E-state index contributed by atoms with van der Waals surface area (Å²) in [5.41, 5.74) is 0.737. The monoisotopic (exact) mass is 258 g/mol. The third kappa shape index (κ3) is 2.15. The number of carbonyl (C=O) groups is 1. The van der Waals surface area contributed by atoms with Crippen LogP contribution in [-0.2, 0) is 4.79 Å². The first-order valence-electron chi connectivity index (χ1n) is 5.11. The van der Waals surface area contributed by atoms with Crippen LogP contribution in [-0.4, -0.2) is 23.3 Å². The van der Waals surface area contributed by atoms with E-state index in [0.29, 0.717) is 29.7 Å². The number of alkyl halides is 1. The predicted octanol–water partition coefficient (Wildman–Crippen LogP) is 2.64. The van der Waals surface area contributed by atoms with Crippen molar-refractivity contribution < 1.29 is 4.79 Å². The van der Waals surface area contributed by atoms with Crippen molar-refractivity contribution in [1.29, 1.82) is 0 Å². The first-order chi connectivity index (χ1) is 7.61. The highest BCUT2D eigenvalue weighted by Crippen LogP contribution is 2.26. The summed E-state index contributed by atoms with van der Waals surface area (Å²) in [4.78, 5) is 17.7. The van der Waals surface area contributed by atoms with Gasteiger partial charge in [0.15, 0.2) is 0 Å². The molecule has 1 aliphatic heterocycles. The molecule has 1 fully saturated rings. The number of amides is 1. The van der Waals surface area contributed by atoms with Crippen LogP contribution in [0.4, 0.5) is 5.82 Å². The van der Waals surface area contributed by atoms with Gasteiger partial charge in [0.2, 0.25) is 5.91 Å². The van der Waals surface area contributed by atoms with Crippen molar-refractivity contribution in [3.05, 3.63) is 22.8 Å². The smallest absolute Gasteiger partial charge is 0.228 e. The number of aromatic nitrogens is 1. The van der Waals surface area contributed by atoms with Crippen molar-refractivity contribution in [2.75, 3.05) is 17.3 Å². The van der Waals surface area contributed by atoms with E-state index in [1.54, 1.807) is 17.0 Å². The Morgan fingerprint density at radius 2 is 2.31 bits per heavy atom. The third-order valence-electron chi connectivity index (χ3n) is 2.71. The average Bonchev–Trinajstić information content (AvgIpc) is 2.64. The standard InChI is InChI=1S/C11H12Cl2N2O/c1-7-9(13)2-3-10(14-7)15-6-8(5-12)4-11(15)16/h2-3,8H,4-6H2,1H3. The molecule has 16 heavy (non-hydrogen) atoms. The Morgan fingerprint density at radius 1 is 1.56 bits per heavy atom. The Bertz CT molecular complexity index is 422. The van der Waals surface area contributed by atoms with Crippen LogP contribution < -0.4 is 4.90 Å². The second-order valence-electron chi connectivity index (χ2n) is 3.97. The highest BCUT2D eigenvalue weighted by atomic mass is 35.5. The van der Waals surface area contributed by atoms with Crippen molar-refractivity contribution in [2.24, 2.45) is 5.92 Å². The minimum absolute atomic E-state index is 0.0832. The second-order valence-corrected chi connectivity index (χ2v) is 4.68. The molecule has 3 nitrogen and oxygen atoms in total. The Balaban J connectivity index is 2.24. The maximum absolute atomic E-state index is 11.7. The van der Waals surface area contributed by atoms with Gasteiger partial charge in [-0.25, -0.2) is 4.98 Å². The summed E-state index contributed by atoms with van der Waals surface area (Å²) in [5, 5.41) is 0.615. The van der Waals surface area contributed by atoms with E-state index in [1.807, 2.05) is 6.92 Å². The van der Waals surface area contributed by atoms with Gasteiger partial charge < -0.3 is 0 Å². The SMILES string of the molecule is Cc1nc(N2CC(CCl)CC2=O)ccc1Cl. The number of nitrogens with zero attached hydrogens (tertiary/aromatic N) is 2. The highest BCUT2D eigenvalue weighted by Gasteiger charge is 2.30. The van der Waals surface area contributed by atoms with Crippen LogP contribution in [0.25, 0.3) is 0 Å². The molecule has 2 heterocycles. The molecule has 0 spiro atoms. The number of anilines is 1. The second kappa shape index (κ2) is 4.60. The Labute approximate surface area is 104 Å². The molecule has 0 radical (unpaired) electrons. The molecular formula is C11H12Cl2N2O. The molecule has 0 N–H and O–H groups in total. The van der Waals surface area contributed by atoms with Gasteiger partial charge in [-0.2, -0.15) is 0 Å². The molecule has 0 bridgehead atoms. The zero-order valence-corrected chi connectivity index (χ0v) is 10.4. The molecular weight excluding hydrogens is 247 g/mol. The fourth-order valence-electron chi connectivity index (χ4n) is 1.79. The number of hydrogen-bond donors (Lipinski definition) is 0. The molecule has 0 aliphatic carbocycles. The zero-order valence-electron chi connectivity index (χ0n) is 8.91. The van der Waals surface area contributed by atoms with Crippen molar-refractivity contribution in [1.82, 2.24) is 4.98 Å². The minimum atomic E-state index is 0.0832. The van der Waals surface area contributed by atoms with E-state index in [4.69, 9.17) is 23.2 Å². The van der Waals surface area contributed by atoms with Crippen LogP contribution in [0, 0.1) is 12.8 Å². The van der Waals surface area contributed by atoms with Crippen LogP contribution in [0.1, 0.15) is 12.1 Å². The number of halogens is 2. The zero-order chi connectivity index (χ0) is 11.7. The van der Waals surface area contributed by atoms with Crippen molar-refractivity contribution >= 4 is 34.9 Å². The summed E-state index contributed by atoms with van der Waals surface area (Å²) in [5.74, 6) is 1.49. The van der Waals surface area contributed by atoms with Gasteiger partial charge >= 0.3 is 0 Å². The van der Waals surface area contributed by atoms with E-state index in [0.717, 1.165) is 5.69 Å². The van der Waals surface area contributed by atoms with Gasteiger partial charge in [0.25, 0.3) is 0 Å². The highest BCUT2D eigenvalue weighted by molar-refractivity contribution is 6.31. The molecule has 2 rings (SSSR count). The van der Waals surface area contributed by atoms with Gasteiger partial charge in [-0.3, -0.25) is 9.69 Å². The fraction of sp³-hybridized carbons (Fsp3) is 0.455. The van der Waals surface area contributed by atoms with E-state index < -0.39 is 0 Å². The van der Waals surface area contributed by atoms with Crippen LogP contribution in [0.15, 0.2) is 12.1 Å². The first-order valence-corrected chi connectivity index (χ1v) is 6.02. The van der Waals surface area contributed by atoms with Gasteiger partial charge in [-0.15, -0.1) is 11.6 Å². The number of hydrogen-bond acceptors (Lipinski definition) is 2. The molecule has 5 heteroatoms. The molecule has 1 aliphatic rings. The Morgan fingerprint density at radius 3 is 2.88 bits per heavy atom. The van der Waals surface area contributed by atoms with E-state index >= 15 is 0 Å². The van der Waals surface area contributed by atoms with Gasteiger partial charge in [0, 0.05) is 18.8 Å². The van der Waals surface area contributed by atoms with Crippen LogP contribution in [0.5, 0.6) is 0 Å². The topological polar surface area (TPSA) is 33.2 Å². The molecule has 1 amide bonds. The van der Waals surface area contributed by atoms with Gasteiger partial charge in [0.1, 0.15) is 5.82 Å². The Kier molecular flexibility index (Phi) is 3.36. The molecule has 0 saturated carbocycles. The summed E-state index contributed by atoms with van der Waals surface area (Å²) in [6.45, 7) is 2.47. The van der Waals surface area contributed by atoms with E-state index in [-0.39, 0.29) is 11.8 Å². The Hall–Kier alpha value is -0.800. The van der Waals surface area contributed by atoms with E-state index in [9.17, 15) is 4.79 Å². The fourth-order valence-corrected chi connectivity index (χ4v) is 2.10. The lowest BCUT2D eigenvalue weighted by Crippen LogP contribution is -2.25. The van der Waals surface area contributed by atoms with Gasteiger partial charge in [0.05, 0.1) is 10.7 Å². The summed E-state index contributed by atoms with van der Waals surface area (Å²) in [6, 6.07) is 3.53. The molecule has 86 valence electrons. The summed E-state index contributed by atoms with van der Waals surface area (Å²) in [7, 11) is 0. The van der Waals surface area contributed by atoms with Crippen LogP contribution in [0.2, 0.25) is 5.02 Å². The van der Waals surface area contributed by atoms with Crippen molar-refractivity contribution in [3.63, 3.8) is 0 Å². The maximum Gasteiger partial charge on any atom is 0.228 e. The average molecular weight is 259 g/mol. The van der Waals surface area contributed by atoms with E-state index in [1.165, 1.54) is 0 Å². The summed E-state index contributed by atoms with van der Waals surface area (Å²) < 4.78 is 0. The van der Waals surface area contributed by atoms with E-state index in [2.05, 4.69) is 4.98 Å². The molecule has 1 aromatic rings. The lowest BCUT2D eigenvalue weighted by molar-refractivity contribution is -0.117. The third-order valence-corrected chi connectivity index (χ3v) is 3.54. The normalized spacial score (nSPS) is 20.6. The summed E-state index contributed by atoms with van der Waals surface area (Å²) >= 11 is 11.7. The quantitative estimate of drug-likeness (QED) is 0.765. The predicted molar refractivity (Wildman–Crippen MR) is 65.2 cm³/mol. The van der Waals surface area contributed by atoms with Crippen LogP contribution in [0.3, 0.4) is 0 Å². The van der Waals surface area contributed by atoms with Gasteiger partial charge in [-0.1, -0.05) is 11.6 Å². The first kappa shape index (κ1) is 11.7. The molecule has 1 aromatic heterocycles. The van der Waals surface area contributed by atoms with Crippen molar-refractivity contribution in [3.8, 4) is 0 Å². The molecule has 1 atom stereocenters. The lowest BCUT2D eigenvalue weighted by Gasteiger charge is -2.15. The maximum atomic E-state index is 11.7. The molecule has 1 unspecified atom stereocenters. The molecule has 1 saturated heterocycles. The number of aryl methyl sites for hydroxylation is 1. The number of carbonyl (C=O) groups excluding carboxylic acids is 1. The largest absolute Gasteiger partial charge is 0.296 e. The van der Waals surface area contributed by atoms with Crippen molar-refractivity contribution in [2.45, 2.75) is 13.3 Å². The van der Waals surface area contributed by atoms with Gasteiger partial charge in [-0.05, 0) is 25.0 Å².